The molecule has 14 rings (SSSR count). The van der Waals surface area contributed by atoms with E-state index in [0.29, 0.717) is 0 Å². The van der Waals surface area contributed by atoms with E-state index in [-0.39, 0.29) is 16.9 Å². The van der Waals surface area contributed by atoms with Gasteiger partial charge < -0.3 is 9.64 Å². The van der Waals surface area contributed by atoms with Crippen molar-refractivity contribution in [3.63, 3.8) is 0 Å². The van der Waals surface area contributed by atoms with Gasteiger partial charge in [-0.2, -0.15) is 15.8 Å². The van der Waals surface area contributed by atoms with Gasteiger partial charge in [-0.15, -0.1) is 68.0 Å². The van der Waals surface area contributed by atoms with E-state index >= 15 is 0 Å². The summed E-state index contributed by atoms with van der Waals surface area (Å²) in [7, 11) is -2.25. The normalized spacial score (nSPS) is 14.7. The Labute approximate surface area is 612 Å². The lowest BCUT2D eigenvalue weighted by atomic mass is 9.94. The van der Waals surface area contributed by atoms with Crippen LogP contribution >= 0.6 is 68.0 Å². The molecule has 6 aromatic heterocycles. The lowest BCUT2D eigenvalue weighted by molar-refractivity contribution is 0.109. The first-order chi connectivity index (χ1) is 48.3. The third-order valence-corrected chi connectivity index (χ3v) is 40.0. The molecule has 0 unspecified atom stereocenters. The number of hydrogen-bond acceptors (Lipinski definition) is 11. The molecule has 99 heavy (non-hydrogen) atoms. The van der Waals surface area contributed by atoms with Crippen LogP contribution < -0.4 is 46.4 Å². The number of hydrogen-bond donors (Lipinski definition) is 0. The highest BCUT2D eigenvalue weighted by Crippen LogP contribution is 2.55. The summed E-state index contributed by atoms with van der Waals surface area (Å²) in [5, 5.41) is 43.4. The highest BCUT2D eigenvalue weighted by Gasteiger charge is 2.58. The quantitative estimate of drug-likeness (QED) is 0.0277. The Balaban J connectivity index is 1.05. The molecule has 0 amide bonds. The molecule has 9 heterocycles. The number of nitrogens with zero attached hydrogens (tertiary/aromatic N) is 4. The maximum atomic E-state index is 11.0. The van der Waals surface area contributed by atoms with Crippen LogP contribution in [0.4, 0.5) is 5.69 Å². The number of nitriles is 3. The van der Waals surface area contributed by atoms with Crippen LogP contribution in [0.1, 0.15) is 182 Å². The number of ether oxygens (including phenoxy) is 1. The summed E-state index contributed by atoms with van der Waals surface area (Å²) in [5.74, 6) is 0.0809. The van der Waals surface area contributed by atoms with Crippen molar-refractivity contribution < 1.29 is 4.74 Å². The first kappa shape index (κ1) is 68.9. The SMILES string of the molecule is CCCCCCc1ccc([Si]2(c3ccc(CCCCCC)cc3)c3c(sc4cc(/C=C/c5ccc(N(C)C)cc5)sc34)-c3sc4c5c(sc4c32)-c2sc3cc(C4=C(C#N)C(=C(C#N)C#N)OC4(C)C)sc3c2[Si]5(c2ccc(CCCCCC)cc2)c2ccc(CCCCCC)cc2)cc1. The highest BCUT2D eigenvalue weighted by atomic mass is 32.1. The number of allylic oxidation sites excluding steroid dienone is 2. The summed E-state index contributed by atoms with van der Waals surface area (Å²) in [6.07, 6.45) is 28.7. The van der Waals surface area contributed by atoms with Crippen LogP contribution in [-0.4, -0.2) is 35.8 Å². The zero-order valence-corrected chi connectivity index (χ0v) is 65.5. The summed E-state index contributed by atoms with van der Waals surface area (Å²) in [5.41, 5.74) is 7.93. The number of benzene rings is 5. The van der Waals surface area contributed by atoms with E-state index in [9.17, 15) is 15.8 Å². The molecule has 0 atom stereocenters. The summed E-state index contributed by atoms with van der Waals surface area (Å²) in [4.78, 5) is 10.2. The van der Waals surface area contributed by atoms with E-state index in [0.717, 1.165) is 36.1 Å². The molecule has 0 bridgehead atoms. The van der Waals surface area contributed by atoms with E-state index < -0.39 is 21.7 Å². The van der Waals surface area contributed by atoms with Crippen LogP contribution in [0.3, 0.4) is 0 Å². The van der Waals surface area contributed by atoms with Gasteiger partial charge in [-0.05, 0) is 165 Å². The van der Waals surface area contributed by atoms with Gasteiger partial charge in [0.1, 0.15) is 29.4 Å². The van der Waals surface area contributed by atoms with Gasteiger partial charge in [-0.25, -0.2) is 0 Å². The third-order valence-electron chi connectivity index (χ3n) is 21.1. The van der Waals surface area contributed by atoms with Gasteiger partial charge in [0.05, 0.1) is 0 Å². The molecule has 3 aliphatic heterocycles. The molecule has 11 aromatic rings. The van der Waals surface area contributed by atoms with Crippen molar-refractivity contribution in [1.82, 2.24) is 0 Å². The van der Waals surface area contributed by atoms with Crippen LogP contribution in [0.5, 0.6) is 0 Å². The predicted molar refractivity (Wildman–Crippen MR) is 438 cm³/mol. The monoisotopic (exact) mass is 1440 g/mol. The van der Waals surface area contributed by atoms with E-state index in [2.05, 4.69) is 221 Å². The van der Waals surface area contributed by atoms with Gasteiger partial charge in [0.2, 0.25) is 0 Å². The Bertz CT molecular complexity index is 4890. The van der Waals surface area contributed by atoms with Crippen molar-refractivity contribution in [2.24, 2.45) is 0 Å². The Kier molecular flexibility index (Phi) is 20.5. The maximum absolute atomic E-state index is 11.0. The minimum Gasteiger partial charge on any atom is -0.479 e. The molecule has 5 nitrogen and oxygen atoms in total. The lowest BCUT2D eigenvalue weighted by Crippen LogP contribution is -2.73. The fraction of sp³-hybridized carbons (Fsp3) is 0.337. The zero-order chi connectivity index (χ0) is 68.6. The average Bonchev–Trinajstić information content (AvgIpc) is 1.48. The zero-order valence-electron chi connectivity index (χ0n) is 58.6. The number of unbranched alkanes of at least 4 members (excludes halogenated alkanes) is 12. The molecule has 0 saturated heterocycles. The maximum Gasteiger partial charge on any atom is 0.186 e. The van der Waals surface area contributed by atoms with Crippen LogP contribution in [0.2, 0.25) is 0 Å². The van der Waals surface area contributed by atoms with Gasteiger partial charge in [0.25, 0.3) is 0 Å². The molecule has 0 fully saturated rings. The van der Waals surface area contributed by atoms with Gasteiger partial charge >= 0.3 is 0 Å². The van der Waals surface area contributed by atoms with E-state index in [4.69, 9.17) is 4.74 Å². The largest absolute Gasteiger partial charge is 0.479 e. The fourth-order valence-electron chi connectivity index (χ4n) is 16.0. The van der Waals surface area contributed by atoms with Crippen molar-refractivity contribution in [2.45, 2.75) is 176 Å². The lowest BCUT2D eigenvalue weighted by Gasteiger charge is -2.31. The summed E-state index contributed by atoms with van der Waals surface area (Å²) >= 11 is 12.0. The van der Waals surface area contributed by atoms with Crippen LogP contribution in [0.15, 0.2) is 150 Å². The minimum absolute atomic E-state index is 0.0809. The average molecular weight is 1440 g/mol. The Hall–Kier alpha value is -7.20. The predicted octanol–water partition coefficient (Wildman–Crippen LogP) is 20.3. The number of rotatable bonds is 28. The van der Waals surface area contributed by atoms with E-state index in [1.807, 2.05) is 60.0 Å². The molecule has 502 valence electrons. The van der Waals surface area contributed by atoms with Gasteiger partial charge in [-0.1, -0.05) is 220 Å². The topological polar surface area (TPSA) is 83.8 Å². The molecule has 5 aromatic carbocycles. The fourth-order valence-corrected chi connectivity index (χ4v) is 39.3. The number of fused-ring (bicyclic) bond motifs is 13. The molecule has 0 N–H and O–H groups in total. The van der Waals surface area contributed by atoms with Crippen molar-refractivity contribution >= 4 is 177 Å². The highest BCUT2D eigenvalue weighted by molar-refractivity contribution is 7.49. The van der Waals surface area contributed by atoms with Crippen molar-refractivity contribution in [1.29, 1.82) is 15.8 Å². The smallest absolute Gasteiger partial charge is 0.186 e. The van der Waals surface area contributed by atoms with E-state index in [1.165, 1.54) is 215 Å². The van der Waals surface area contributed by atoms with Gasteiger partial charge in [-0.3, -0.25) is 0 Å². The molecule has 3 aliphatic rings. The second kappa shape index (κ2) is 29.4. The summed E-state index contributed by atoms with van der Waals surface area (Å²) in [6.45, 7) is 13.1. The van der Waals surface area contributed by atoms with Crippen LogP contribution in [-0.2, 0) is 30.4 Å². The van der Waals surface area contributed by atoms with Crippen LogP contribution in [0, 0.1) is 34.0 Å². The minimum atomic E-state index is -3.29. The van der Waals surface area contributed by atoms with Crippen molar-refractivity contribution in [3.8, 4) is 37.7 Å². The second-order valence-corrected chi connectivity index (χ2v) is 41.9. The van der Waals surface area contributed by atoms with E-state index in [1.54, 1.807) is 26.9 Å². The summed E-state index contributed by atoms with van der Waals surface area (Å²) in [6, 6.07) is 60.8. The van der Waals surface area contributed by atoms with Gasteiger partial charge in [0, 0.05) is 82.8 Å². The van der Waals surface area contributed by atoms with Crippen LogP contribution in [0.25, 0.3) is 65.4 Å². The Morgan fingerprint density at radius 3 is 1.21 bits per heavy atom. The molecular formula is C86H88N4OS6Si2. The molecular weight excluding hydrogens is 1350 g/mol. The summed E-state index contributed by atoms with van der Waals surface area (Å²) < 4.78 is 14.8. The Morgan fingerprint density at radius 1 is 0.444 bits per heavy atom. The first-order valence-corrected chi connectivity index (χ1v) is 45.2. The molecule has 0 aliphatic carbocycles. The molecule has 0 spiro atoms. The number of thiophene rings is 6. The van der Waals surface area contributed by atoms with Gasteiger partial charge in [0.15, 0.2) is 27.5 Å². The second-order valence-electron chi connectivity index (χ2n) is 28.3. The standard InChI is InChI=1S/C86H88N4OS6Si2/c1-9-13-17-21-25-56-32-43-64(44-33-56)98(65-45-34-57(35-46-65)26-22-18-14-10-2)82-74-70(51-63(92-74)42-31-60-29-40-62(41-30-60)90(7)8)94-76(82)78-84(98)80-81(96-78)85-79(97-80)77-83(75-71(95-77)52-69(93-75)72-68(55-89)73(61(53-87)54-88)91-86(72,5)6)99(85,66-47-36-58(37-48-66)27-23-19-15-11-3)67-49-38-59(39-50-67)28-24-20-16-12-4/h29-52H,9-28H2,1-8H3/b42-31+. The van der Waals surface area contributed by atoms with Crippen molar-refractivity contribution in [2.75, 3.05) is 19.0 Å². The molecule has 0 radical (unpaired) electrons. The molecule has 13 heteroatoms. The first-order valence-electron chi connectivity index (χ1n) is 36.3. The number of aryl methyl sites for hydroxylation is 4. The third kappa shape index (κ3) is 12.3. The van der Waals surface area contributed by atoms with Crippen molar-refractivity contribution in [3.05, 3.63) is 188 Å². The number of anilines is 1. The molecule has 0 saturated carbocycles. The Morgan fingerprint density at radius 2 is 0.828 bits per heavy atom.